The van der Waals surface area contributed by atoms with Crippen LogP contribution in [0.15, 0.2) is 41.5 Å². The number of thiazole rings is 1. The lowest BCUT2D eigenvalue weighted by Crippen LogP contribution is -2.40. The highest BCUT2D eigenvalue weighted by Crippen LogP contribution is 2.28. The smallest absolute Gasteiger partial charge is 0.254 e. The van der Waals surface area contributed by atoms with Crippen LogP contribution in [0.2, 0.25) is 0 Å². The molecular formula is C20H21FN4OS. The Labute approximate surface area is 161 Å². The second-order valence-electron chi connectivity index (χ2n) is 6.94. The van der Waals surface area contributed by atoms with Gasteiger partial charge in [0.1, 0.15) is 11.6 Å². The maximum atomic E-state index is 13.4. The zero-order valence-electron chi connectivity index (χ0n) is 15.1. The summed E-state index contributed by atoms with van der Waals surface area (Å²) in [7, 11) is 0. The predicted molar refractivity (Wildman–Crippen MR) is 102 cm³/mol. The molecule has 0 radical (unpaired) electrons. The van der Waals surface area contributed by atoms with E-state index < -0.39 is 0 Å². The van der Waals surface area contributed by atoms with Gasteiger partial charge in [0, 0.05) is 42.3 Å². The fourth-order valence-electron chi connectivity index (χ4n) is 3.71. The standard InChI is InChI=1S/C20H21FN4OS/c1-14-9-16(21)4-5-18(14)20(26)25-7-2-3-15(10-25)19-22-6-8-24(19)11-17-12-27-13-23-17/h4-6,8-9,12-13,15H,2-3,7,10-11H2,1H3. The summed E-state index contributed by atoms with van der Waals surface area (Å²) in [4.78, 5) is 23.7. The molecule has 1 unspecified atom stereocenters. The summed E-state index contributed by atoms with van der Waals surface area (Å²) in [5, 5.41) is 2.04. The quantitative estimate of drug-likeness (QED) is 0.686. The molecule has 140 valence electrons. The molecule has 7 heteroatoms. The Balaban J connectivity index is 1.52. The predicted octanol–water partition coefficient (Wildman–Crippen LogP) is 3.86. The molecule has 3 heterocycles. The van der Waals surface area contributed by atoms with Crippen LogP contribution in [-0.2, 0) is 6.54 Å². The summed E-state index contributed by atoms with van der Waals surface area (Å²) < 4.78 is 15.5. The highest BCUT2D eigenvalue weighted by atomic mass is 32.1. The lowest BCUT2D eigenvalue weighted by molar-refractivity contribution is 0.0702. The Bertz CT molecular complexity index is 937. The van der Waals surface area contributed by atoms with Crippen molar-refractivity contribution in [1.29, 1.82) is 0 Å². The van der Waals surface area contributed by atoms with Gasteiger partial charge in [-0.25, -0.2) is 14.4 Å². The van der Waals surface area contributed by atoms with E-state index in [1.165, 1.54) is 12.1 Å². The fraction of sp³-hybridized carbons (Fsp3) is 0.350. The zero-order valence-corrected chi connectivity index (χ0v) is 16.0. The normalized spacial score (nSPS) is 17.3. The van der Waals surface area contributed by atoms with Crippen molar-refractivity contribution < 1.29 is 9.18 Å². The molecule has 1 aromatic carbocycles. The van der Waals surface area contributed by atoms with Crippen LogP contribution in [0.3, 0.4) is 0 Å². The molecular weight excluding hydrogens is 363 g/mol. The average molecular weight is 384 g/mol. The Hall–Kier alpha value is -2.54. The second kappa shape index (κ2) is 7.60. The van der Waals surface area contributed by atoms with E-state index in [-0.39, 0.29) is 17.6 Å². The topological polar surface area (TPSA) is 51.0 Å². The molecule has 1 amide bonds. The van der Waals surface area contributed by atoms with Gasteiger partial charge in [0.25, 0.3) is 5.91 Å². The van der Waals surface area contributed by atoms with Crippen LogP contribution in [0, 0.1) is 12.7 Å². The lowest BCUT2D eigenvalue weighted by atomic mass is 9.96. The summed E-state index contributed by atoms with van der Waals surface area (Å²) in [6, 6.07) is 4.34. The van der Waals surface area contributed by atoms with E-state index >= 15 is 0 Å². The zero-order chi connectivity index (χ0) is 18.8. The summed E-state index contributed by atoms with van der Waals surface area (Å²) >= 11 is 1.58. The number of likely N-dealkylation sites (tertiary alicyclic amines) is 1. The highest BCUT2D eigenvalue weighted by molar-refractivity contribution is 7.07. The van der Waals surface area contributed by atoms with Crippen LogP contribution in [0.4, 0.5) is 4.39 Å². The third-order valence-electron chi connectivity index (χ3n) is 5.06. The largest absolute Gasteiger partial charge is 0.338 e. The monoisotopic (exact) mass is 384 g/mol. The molecule has 1 saturated heterocycles. The Morgan fingerprint density at radius 1 is 1.37 bits per heavy atom. The van der Waals surface area contributed by atoms with Crippen molar-refractivity contribution in [3.05, 3.63) is 69.9 Å². The van der Waals surface area contributed by atoms with Crippen molar-refractivity contribution >= 4 is 17.2 Å². The number of rotatable bonds is 4. The first-order valence-electron chi connectivity index (χ1n) is 9.05. The minimum Gasteiger partial charge on any atom is -0.338 e. The molecule has 5 nitrogen and oxygen atoms in total. The summed E-state index contributed by atoms with van der Waals surface area (Å²) in [6.07, 6.45) is 5.71. The van der Waals surface area contributed by atoms with E-state index in [4.69, 9.17) is 0 Å². The van der Waals surface area contributed by atoms with Gasteiger partial charge < -0.3 is 9.47 Å². The average Bonchev–Trinajstić information content (AvgIpc) is 3.34. The van der Waals surface area contributed by atoms with Crippen molar-refractivity contribution in [2.75, 3.05) is 13.1 Å². The van der Waals surface area contributed by atoms with Crippen molar-refractivity contribution in [2.45, 2.75) is 32.2 Å². The number of hydrogen-bond acceptors (Lipinski definition) is 4. The number of carbonyl (C=O) groups is 1. The van der Waals surface area contributed by atoms with Crippen molar-refractivity contribution in [2.24, 2.45) is 0 Å². The molecule has 0 bridgehead atoms. The van der Waals surface area contributed by atoms with E-state index in [0.717, 1.165) is 30.9 Å². The van der Waals surface area contributed by atoms with Crippen LogP contribution < -0.4 is 0 Å². The van der Waals surface area contributed by atoms with Crippen molar-refractivity contribution in [3.63, 3.8) is 0 Å². The van der Waals surface area contributed by atoms with Crippen LogP contribution in [0.5, 0.6) is 0 Å². The van der Waals surface area contributed by atoms with Crippen LogP contribution in [-0.4, -0.2) is 38.4 Å². The lowest BCUT2D eigenvalue weighted by Gasteiger charge is -2.33. The second-order valence-corrected chi connectivity index (χ2v) is 7.66. The van der Waals surface area contributed by atoms with Gasteiger partial charge in [-0.15, -0.1) is 11.3 Å². The number of piperidine rings is 1. The molecule has 3 aromatic rings. The van der Waals surface area contributed by atoms with Crippen molar-refractivity contribution in [1.82, 2.24) is 19.4 Å². The van der Waals surface area contributed by atoms with Crippen molar-refractivity contribution in [3.8, 4) is 0 Å². The van der Waals surface area contributed by atoms with Gasteiger partial charge in [-0.2, -0.15) is 0 Å². The number of halogens is 1. The SMILES string of the molecule is Cc1cc(F)ccc1C(=O)N1CCCC(c2nccn2Cc2cscn2)C1. The molecule has 0 spiro atoms. The minimum absolute atomic E-state index is 0.0326. The molecule has 4 rings (SSSR count). The molecule has 0 N–H and O–H groups in total. The molecule has 0 aliphatic carbocycles. The number of carbonyl (C=O) groups excluding carboxylic acids is 1. The first-order chi connectivity index (χ1) is 13.1. The van der Waals surface area contributed by atoms with E-state index in [1.807, 2.05) is 28.2 Å². The summed E-state index contributed by atoms with van der Waals surface area (Å²) in [5.41, 5.74) is 4.10. The number of amides is 1. The van der Waals surface area contributed by atoms with Gasteiger partial charge in [-0.3, -0.25) is 4.79 Å². The minimum atomic E-state index is -0.315. The third kappa shape index (κ3) is 3.78. The van der Waals surface area contributed by atoms with E-state index in [0.29, 0.717) is 24.2 Å². The van der Waals surface area contributed by atoms with Crippen LogP contribution in [0.25, 0.3) is 0 Å². The first-order valence-corrected chi connectivity index (χ1v) is 9.99. The summed E-state index contributed by atoms with van der Waals surface area (Å²) in [6.45, 7) is 3.82. The molecule has 1 aliphatic rings. The number of aryl methyl sites for hydroxylation is 1. The van der Waals surface area contributed by atoms with Gasteiger partial charge in [-0.1, -0.05) is 0 Å². The maximum Gasteiger partial charge on any atom is 0.254 e. The third-order valence-corrected chi connectivity index (χ3v) is 5.69. The fourth-order valence-corrected chi connectivity index (χ4v) is 4.26. The van der Waals surface area contributed by atoms with Gasteiger partial charge in [-0.05, 0) is 43.5 Å². The maximum absolute atomic E-state index is 13.4. The molecule has 2 aromatic heterocycles. The summed E-state index contributed by atoms with van der Waals surface area (Å²) in [5.74, 6) is 0.841. The molecule has 1 fully saturated rings. The number of hydrogen-bond donors (Lipinski definition) is 0. The Kier molecular flexibility index (Phi) is 5.03. The Morgan fingerprint density at radius 2 is 2.26 bits per heavy atom. The Morgan fingerprint density at radius 3 is 3.04 bits per heavy atom. The van der Waals surface area contributed by atoms with Crippen LogP contribution >= 0.6 is 11.3 Å². The first kappa shape index (κ1) is 17.9. The highest BCUT2D eigenvalue weighted by Gasteiger charge is 2.28. The van der Waals surface area contributed by atoms with Gasteiger partial charge in [0.2, 0.25) is 0 Å². The van der Waals surface area contributed by atoms with Gasteiger partial charge in [0.15, 0.2) is 0 Å². The number of nitrogens with zero attached hydrogens (tertiary/aromatic N) is 4. The van der Waals surface area contributed by atoms with E-state index in [1.54, 1.807) is 24.3 Å². The molecule has 1 aliphatic heterocycles. The molecule has 0 saturated carbocycles. The number of aromatic nitrogens is 3. The van der Waals surface area contributed by atoms with E-state index in [9.17, 15) is 9.18 Å². The van der Waals surface area contributed by atoms with Crippen LogP contribution in [0.1, 0.15) is 46.2 Å². The molecule has 1 atom stereocenters. The molecule has 27 heavy (non-hydrogen) atoms. The van der Waals surface area contributed by atoms with Gasteiger partial charge in [0.05, 0.1) is 17.7 Å². The number of benzene rings is 1. The van der Waals surface area contributed by atoms with E-state index in [2.05, 4.69) is 14.5 Å². The number of imidazole rings is 1. The van der Waals surface area contributed by atoms with Gasteiger partial charge >= 0.3 is 0 Å².